The Morgan fingerprint density at radius 2 is 1.75 bits per heavy atom. The van der Waals surface area contributed by atoms with E-state index in [-0.39, 0.29) is 12.0 Å². The number of benzene rings is 2. The average molecular weight is 457 g/mol. The van der Waals surface area contributed by atoms with Gasteiger partial charge in [-0.3, -0.25) is 0 Å². The van der Waals surface area contributed by atoms with Crippen molar-refractivity contribution in [1.82, 2.24) is 10.3 Å². The van der Waals surface area contributed by atoms with Gasteiger partial charge in [0.15, 0.2) is 0 Å². The molecule has 2 aromatic carbocycles. The summed E-state index contributed by atoms with van der Waals surface area (Å²) in [5.41, 5.74) is 1.44. The Labute approximate surface area is 193 Å². The van der Waals surface area contributed by atoms with Gasteiger partial charge in [-0.05, 0) is 68.7 Å². The predicted molar refractivity (Wildman–Crippen MR) is 125 cm³/mol. The predicted octanol–water partition coefficient (Wildman–Crippen LogP) is 6.69. The number of pyridine rings is 1. The Balaban J connectivity index is 1.83. The SMILES string of the molecule is C=C(NC(C)C(Cc1ccc(Cl)cc1)c1cc(F)cc(F)c1)C(C)(C)Oc1ccccn1. The summed E-state index contributed by atoms with van der Waals surface area (Å²) in [6, 6.07) is 16.3. The molecule has 0 bridgehead atoms. The lowest BCUT2D eigenvalue weighted by atomic mass is 9.86. The van der Waals surface area contributed by atoms with Gasteiger partial charge >= 0.3 is 0 Å². The molecule has 6 heteroatoms. The summed E-state index contributed by atoms with van der Waals surface area (Å²) < 4.78 is 34.0. The van der Waals surface area contributed by atoms with Crippen molar-refractivity contribution in [1.29, 1.82) is 0 Å². The number of rotatable bonds is 9. The molecule has 2 atom stereocenters. The molecular weight excluding hydrogens is 430 g/mol. The van der Waals surface area contributed by atoms with Gasteiger partial charge in [-0.1, -0.05) is 36.4 Å². The van der Waals surface area contributed by atoms with E-state index in [0.717, 1.165) is 11.6 Å². The second-order valence-electron chi connectivity index (χ2n) is 8.33. The van der Waals surface area contributed by atoms with Gasteiger partial charge in [0.25, 0.3) is 0 Å². The van der Waals surface area contributed by atoms with Gasteiger partial charge in [0.1, 0.15) is 17.2 Å². The van der Waals surface area contributed by atoms with Crippen LogP contribution in [0.2, 0.25) is 5.02 Å². The summed E-state index contributed by atoms with van der Waals surface area (Å²) in [7, 11) is 0. The van der Waals surface area contributed by atoms with E-state index in [2.05, 4.69) is 16.9 Å². The lowest BCUT2D eigenvalue weighted by Gasteiger charge is -2.34. The molecule has 0 aliphatic rings. The van der Waals surface area contributed by atoms with Crippen LogP contribution in [0.4, 0.5) is 8.78 Å². The van der Waals surface area contributed by atoms with Gasteiger partial charge in [0, 0.05) is 41.0 Å². The van der Waals surface area contributed by atoms with E-state index >= 15 is 0 Å². The van der Waals surface area contributed by atoms with E-state index < -0.39 is 17.2 Å². The van der Waals surface area contributed by atoms with Crippen LogP contribution >= 0.6 is 11.6 Å². The molecule has 32 heavy (non-hydrogen) atoms. The van der Waals surface area contributed by atoms with E-state index in [0.29, 0.717) is 28.6 Å². The number of hydrogen-bond acceptors (Lipinski definition) is 3. The van der Waals surface area contributed by atoms with E-state index in [1.54, 1.807) is 24.4 Å². The summed E-state index contributed by atoms with van der Waals surface area (Å²) in [5.74, 6) is -0.960. The smallest absolute Gasteiger partial charge is 0.214 e. The fourth-order valence-corrected chi connectivity index (χ4v) is 3.65. The topological polar surface area (TPSA) is 34.1 Å². The number of nitrogens with zero attached hydrogens (tertiary/aromatic N) is 1. The summed E-state index contributed by atoms with van der Waals surface area (Å²) in [4.78, 5) is 4.21. The first kappa shape index (κ1) is 23.7. The first-order chi connectivity index (χ1) is 15.1. The number of nitrogens with one attached hydrogen (secondary N) is 1. The molecule has 168 valence electrons. The molecule has 0 saturated heterocycles. The zero-order valence-corrected chi connectivity index (χ0v) is 19.2. The van der Waals surface area contributed by atoms with E-state index in [1.165, 1.54) is 12.1 Å². The van der Waals surface area contributed by atoms with Gasteiger partial charge in [0.2, 0.25) is 5.88 Å². The monoisotopic (exact) mass is 456 g/mol. The second kappa shape index (κ2) is 10.1. The highest BCUT2D eigenvalue weighted by Gasteiger charge is 2.29. The standard InChI is InChI=1S/C26H27ClF2N2O/c1-17(31-18(2)26(3,4)32-25-7-5-6-12-30-25)24(13-19-8-10-21(27)11-9-19)20-14-22(28)16-23(29)15-20/h5-12,14-17,24,31H,2,13H2,1,3-4H3. The molecule has 0 aliphatic carbocycles. The molecule has 3 rings (SSSR count). The van der Waals surface area contributed by atoms with Crippen molar-refractivity contribution in [2.75, 3.05) is 0 Å². The molecule has 3 aromatic rings. The number of hydrogen-bond donors (Lipinski definition) is 1. The lowest BCUT2D eigenvalue weighted by Crippen LogP contribution is -2.43. The summed E-state index contributed by atoms with van der Waals surface area (Å²) >= 11 is 6.01. The zero-order chi connectivity index (χ0) is 23.3. The second-order valence-corrected chi connectivity index (χ2v) is 8.77. The largest absolute Gasteiger partial charge is 0.465 e. The minimum absolute atomic E-state index is 0.203. The van der Waals surface area contributed by atoms with Gasteiger partial charge in [-0.2, -0.15) is 0 Å². The van der Waals surface area contributed by atoms with Crippen molar-refractivity contribution in [2.45, 2.75) is 44.8 Å². The van der Waals surface area contributed by atoms with Gasteiger partial charge in [-0.25, -0.2) is 13.8 Å². The molecule has 2 unspecified atom stereocenters. The van der Waals surface area contributed by atoms with Crippen LogP contribution in [0.1, 0.15) is 37.8 Å². The molecule has 1 N–H and O–H groups in total. The summed E-state index contributed by atoms with van der Waals surface area (Å²) in [6.45, 7) is 9.90. The molecule has 1 aromatic heterocycles. The molecule has 1 heterocycles. The number of halogens is 3. The quantitative estimate of drug-likeness (QED) is 0.389. The summed E-state index contributed by atoms with van der Waals surface area (Å²) in [6.07, 6.45) is 2.22. The normalized spacial score (nSPS) is 13.3. The van der Waals surface area contributed by atoms with Gasteiger partial charge in [-0.15, -0.1) is 0 Å². The van der Waals surface area contributed by atoms with E-state index in [1.807, 2.05) is 45.0 Å². The van der Waals surface area contributed by atoms with Gasteiger partial charge in [0.05, 0.1) is 0 Å². The Hall–Kier alpha value is -2.92. The maximum Gasteiger partial charge on any atom is 0.214 e. The molecule has 0 fully saturated rings. The van der Waals surface area contributed by atoms with Crippen LogP contribution in [0.25, 0.3) is 0 Å². The first-order valence-corrected chi connectivity index (χ1v) is 10.8. The molecular formula is C26H27ClF2N2O. The maximum absolute atomic E-state index is 14.0. The lowest BCUT2D eigenvalue weighted by molar-refractivity contribution is 0.131. The van der Waals surface area contributed by atoms with Gasteiger partial charge < -0.3 is 10.1 Å². The van der Waals surface area contributed by atoms with Crippen LogP contribution in [0.3, 0.4) is 0 Å². The maximum atomic E-state index is 14.0. The van der Waals surface area contributed by atoms with Crippen molar-refractivity contribution in [2.24, 2.45) is 0 Å². The van der Waals surface area contributed by atoms with Crippen LogP contribution < -0.4 is 10.1 Å². The van der Waals surface area contributed by atoms with Crippen molar-refractivity contribution < 1.29 is 13.5 Å². The average Bonchev–Trinajstić information content (AvgIpc) is 2.72. The molecule has 0 aliphatic heterocycles. The van der Waals surface area contributed by atoms with Crippen molar-refractivity contribution in [3.05, 3.63) is 107 Å². The third-order valence-corrected chi connectivity index (χ3v) is 5.66. The molecule has 0 radical (unpaired) electrons. The van der Waals surface area contributed by atoms with Crippen molar-refractivity contribution >= 4 is 11.6 Å². The Bertz CT molecular complexity index is 1030. The van der Waals surface area contributed by atoms with Crippen LogP contribution in [0.15, 0.2) is 79.1 Å². The molecule has 0 spiro atoms. The molecule has 0 amide bonds. The highest BCUT2D eigenvalue weighted by molar-refractivity contribution is 6.30. The minimum atomic E-state index is -0.763. The van der Waals surface area contributed by atoms with E-state index in [9.17, 15) is 8.78 Å². The highest BCUT2D eigenvalue weighted by Crippen LogP contribution is 2.29. The Morgan fingerprint density at radius 1 is 1.09 bits per heavy atom. The number of aromatic nitrogens is 1. The first-order valence-electron chi connectivity index (χ1n) is 10.4. The fraction of sp³-hybridized carbons (Fsp3) is 0.269. The minimum Gasteiger partial charge on any atom is -0.465 e. The van der Waals surface area contributed by atoms with E-state index in [4.69, 9.17) is 16.3 Å². The van der Waals surface area contributed by atoms with Crippen molar-refractivity contribution in [3.63, 3.8) is 0 Å². The van der Waals surface area contributed by atoms with Crippen LogP contribution in [-0.4, -0.2) is 16.6 Å². The van der Waals surface area contributed by atoms with Crippen LogP contribution in [0, 0.1) is 11.6 Å². The number of ether oxygens (including phenoxy) is 1. The molecule has 0 saturated carbocycles. The Kier molecular flexibility index (Phi) is 7.52. The van der Waals surface area contributed by atoms with Crippen LogP contribution in [0.5, 0.6) is 5.88 Å². The van der Waals surface area contributed by atoms with Crippen molar-refractivity contribution in [3.8, 4) is 5.88 Å². The Morgan fingerprint density at radius 3 is 2.34 bits per heavy atom. The fourth-order valence-electron chi connectivity index (χ4n) is 3.53. The zero-order valence-electron chi connectivity index (χ0n) is 18.4. The molecule has 3 nitrogen and oxygen atoms in total. The third-order valence-electron chi connectivity index (χ3n) is 5.41. The summed E-state index contributed by atoms with van der Waals surface area (Å²) in [5, 5.41) is 4.03. The highest BCUT2D eigenvalue weighted by atomic mass is 35.5. The third kappa shape index (κ3) is 6.30. The van der Waals surface area contributed by atoms with Crippen LogP contribution in [-0.2, 0) is 6.42 Å².